The number of aliphatic hydroxyl groups excluding tert-OH is 1. The van der Waals surface area contributed by atoms with Gasteiger partial charge in [0.05, 0.1) is 18.0 Å². The van der Waals surface area contributed by atoms with Crippen LogP contribution in [0.3, 0.4) is 0 Å². The van der Waals surface area contributed by atoms with Crippen LogP contribution in [0.1, 0.15) is 52.9 Å². The molecule has 0 aromatic heterocycles. The van der Waals surface area contributed by atoms with E-state index in [9.17, 15) is 13.9 Å². The molecule has 0 heterocycles. The van der Waals surface area contributed by atoms with Crippen LogP contribution >= 0.6 is 15.2 Å². The van der Waals surface area contributed by atoms with Crippen LogP contribution in [-0.4, -0.2) is 42.4 Å². The van der Waals surface area contributed by atoms with Crippen LogP contribution in [0, 0.1) is 0 Å². The fourth-order valence-corrected chi connectivity index (χ4v) is 2.11. The second kappa shape index (κ2) is 16.4. The normalized spacial score (nSPS) is 14.5. The molecule has 26 heavy (non-hydrogen) atoms. The zero-order valence-corrected chi connectivity index (χ0v) is 17.3. The minimum absolute atomic E-state index is 0.167. The summed E-state index contributed by atoms with van der Waals surface area (Å²) in [6, 6.07) is 0. The molecule has 2 atom stereocenters. The van der Waals surface area contributed by atoms with Crippen LogP contribution in [0.25, 0.3) is 0 Å². The third-order valence-corrected chi connectivity index (χ3v) is 4.40. The molecule has 1 saturated carbocycles. The summed E-state index contributed by atoms with van der Waals surface area (Å²) >= 11 is 0. The van der Waals surface area contributed by atoms with E-state index < -0.39 is 27.0 Å². The van der Waals surface area contributed by atoms with E-state index in [0.717, 1.165) is 6.26 Å². The van der Waals surface area contributed by atoms with Crippen LogP contribution in [0.5, 0.6) is 0 Å². The Hall–Kier alpha value is -0.790. The maximum atomic E-state index is 10.7. The van der Waals surface area contributed by atoms with Crippen LogP contribution in [0.15, 0.2) is 25.2 Å². The number of carbonyl (C=O) groups excluding carboxylic acids is 1. The van der Waals surface area contributed by atoms with Crippen molar-refractivity contribution >= 4 is 21.2 Å². The molecule has 0 bridgehead atoms. The predicted molar refractivity (Wildman–Crippen MR) is 100 cm³/mol. The average molecular weight is 418 g/mol. The Balaban J connectivity index is -0.000000298. The number of aliphatic hydroxyl groups is 1. The molecule has 11 heteroatoms. The van der Waals surface area contributed by atoms with E-state index in [2.05, 4.69) is 17.9 Å². The molecule has 1 aliphatic rings. The van der Waals surface area contributed by atoms with Crippen molar-refractivity contribution < 1.29 is 43.3 Å². The van der Waals surface area contributed by atoms with Gasteiger partial charge in [-0.1, -0.05) is 39.3 Å². The maximum Gasteiger partial charge on any atom is 0.348 e. The molecule has 1 aliphatic carbocycles. The molecule has 0 spiro atoms. The lowest BCUT2D eigenvalue weighted by atomic mass is 10.2. The van der Waals surface area contributed by atoms with Crippen molar-refractivity contribution in [3.05, 3.63) is 25.2 Å². The van der Waals surface area contributed by atoms with Gasteiger partial charge >= 0.3 is 21.2 Å². The average Bonchev–Trinajstić information content (AvgIpc) is 3.32. The minimum atomic E-state index is -3.99. The second-order valence-electron chi connectivity index (χ2n) is 5.34. The first kappa shape index (κ1) is 30.0. The third kappa shape index (κ3) is 34.5. The highest BCUT2D eigenvalue weighted by Gasteiger charge is 2.27. The van der Waals surface area contributed by atoms with E-state index in [1.807, 2.05) is 0 Å². The lowest BCUT2D eigenvalue weighted by Gasteiger charge is -2.17. The second-order valence-corrected chi connectivity index (χ2v) is 8.80. The highest BCUT2D eigenvalue weighted by Crippen LogP contribution is 2.44. The highest BCUT2D eigenvalue weighted by atomic mass is 31.2. The number of esters is 1. The van der Waals surface area contributed by atoms with Gasteiger partial charge in [-0.15, -0.1) is 0 Å². The van der Waals surface area contributed by atoms with Gasteiger partial charge in [0.1, 0.15) is 0 Å². The summed E-state index contributed by atoms with van der Waals surface area (Å²) in [7, 11) is -7.87. The molecule has 0 aromatic rings. The molecule has 0 aliphatic heterocycles. The van der Waals surface area contributed by atoms with Gasteiger partial charge in [0.25, 0.3) is 0 Å². The predicted octanol–water partition coefficient (Wildman–Crippen LogP) is 2.88. The summed E-state index contributed by atoms with van der Waals surface area (Å²) in [5.41, 5.74) is -0.692. The Bertz CT molecular complexity index is 475. The Morgan fingerprint density at radius 3 is 1.58 bits per heavy atom. The van der Waals surface area contributed by atoms with E-state index in [-0.39, 0.29) is 12.4 Å². The molecule has 0 saturated heterocycles. The summed E-state index contributed by atoms with van der Waals surface area (Å²) in [5, 5.41) is 8.87. The van der Waals surface area contributed by atoms with Crippen molar-refractivity contribution in [2.45, 2.75) is 64.6 Å². The SMILES string of the molecule is C1CC1.C=COC(C)=O.C=CP(=O)(O)O.CCC(CC(C)O)P(=O)(O)O. The molecule has 5 N–H and O–H groups in total. The van der Waals surface area contributed by atoms with Crippen LogP contribution < -0.4 is 0 Å². The Morgan fingerprint density at radius 1 is 1.15 bits per heavy atom. The number of rotatable bonds is 6. The Morgan fingerprint density at radius 2 is 1.54 bits per heavy atom. The molecule has 0 amide bonds. The molecular formula is C15H32O9P2. The third-order valence-electron chi connectivity index (χ3n) is 2.40. The number of hydrogen-bond acceptors (Lipinski definition) is 5. The first-order valence-corrected chi connectivity index (χ1v) is 11.3. The van der Waals surface area contributed by atoms with Gasteiger partial charge in [-0.25, -0.2) is 0 Å². The fraction of sp³-hybridized carbons (Fsp3) is 0.667. The van der Waals surface area contributed by atoms with Crippen LogP contribution in [-0.2, 0) is 18.7 Å². The summed E-state index contributed by atoms with van der Waals surface area (Å²) in [5.74, 6) is 0.275. The van der Waals surface area contributed by atoms with Gasteiger partial charge in [-0.3, -0.25) is 13.9 Å². The fourth-order valence-electron chi connectivity index (χ4n) is 1.05. The van der Waals surface area contributed by atoms with E-state index in [4.69, 9.17) is 24.7 Å². The lowest BCUT2D eigenvalue weighted by molar-refractivity contribution is -0.135. The van der Waals surface area contributed by atoms with E-state index in [1.165, 1.54) is 33.1 Å². The van der Waals surface area contributed by atoms with Crippen molar-refractivity contribution in [2.24, 2.45) is 0 Å². The highest BCUT2D eigenvalue weighted by molar-refractivity contribution is 7.55. The molecule has 156 valence electrons. The van der Waals surface area contributed by atoms with E-state index >= 15 is 0 Å². The van der Waals surface area contributed by atoms with Gasteiger partial charge < -0.3 is 29.4 Å². The molecule has 2 unspecified atom stereocenters. The molecule has 1 fully saturated rings. The monoisotopic (exact) mass is 418 g/mol. The zero-order chi connectivity index (χ0) is 21.4. The minimum Gasteiger partial charge on any atom is -0.435 e. The van der Waals surface area contributed by atoms with Crippen molar-refractivity contribution in [2.75, 3.05) is 0 Å². The van der Waals surface area contributed by atoms with E-state index in [0.29, 0.717) is 12.2 Å². The summed E-state index contributed by atoms with van der Waals surface area (Å²) < 4.78 is 24.4. The smallest absolute Gasteiger partial charge is 0.348 e. The maximum absolute atomic E-state index is 10.7. The van der Waals surface area contributed by atoms with Crippen LogP contribution in [0.2, 0.25) is 0 Å². The molecular weight excluding hydrogens is 386 g/mol. The molecule has 0 radical (unpaired) electrons. The molecule has 9 nitrogen and oxygen atoms in total. The molecule has 0 aromatic carbocycles. The van der Waals surface area contributed by atoms with Gasteiger partial charge in [-0.05, 0) is 19.8 Å². The van der Waals surface area contributed by atoms with Gasteiger partial charge in [0, 0.05) is 12.7 Å². The summed E-state index contributed by atoms with van der Waals surface area (Å²) in [6.07, 6.45) is 5.52. The van der Waals surface area contributed by atoms with Crippen molar-refractivity contribution in [1.82, 2.24) is 0 Å². The van der Waals surface area contributed by atoms with E-state index in [1.54, 1.807) is 6.92 Å². The van der Waals surface area contributed by atoms with Crippen molar-refractivity contribution in [3.8, 4) is 0 Å². The first-order valence-electron chi connectivity index (χ1n) is 7.91. The van der Waals surface area contributed by atoms with Crippen molar-refractivity contribution in [3.63, 3.8) is 0 Å². The largest absolute Gasteiger partial charge is 0.435 e. The van der Waals surface area contributed by atoms with Gasteiger partial charge in [0.2, 0.25) is 0 Å². The number of ether oxygens (including phenoxy) is 1. The van der Waals surface area contributed by atoms with Gasteiger partial charge in [-0.2, -0.15) is 0 Å². The molecule has 1 rings (SSSR count). The number of hydrogen-bond donors (Lipinski definition) is 5. The summed E-state index contributed by atoms with van der Waals surface area (Å²) in [4.78, 5) is 42.8. The quantitative estimate of drug-likeness (QED) is 0.248. The Kier molecular flexibility index (Phi) is 18.9. The standard InChI is InChI=1S/C6H15O4P.C4H6O2.C3H6.C2H5O3P/c1-3-6(4-5(2)7)11(8,9)10;1-3-6-4(2)5;1-2-3-1;1-2-6(3,4)5/h5-7H,3-4H2,1-2H3,(H2,8,9,10);3H,1H2,2H3;1-3H2;2H,1H2,(H2,3,4,5). The Labute approximate surface area is 155 Å². The van der Waals surface area contributed by atoms with Crippen LogP contribution in [0.4, 0.5) is 0 Å². The zero-order valence-electron chi connectivity index (χ0n) is 15.5. The topological polar surface area (TPSA) is 162 Å². The summed E-state index contributed by atoms with van der Waals surface area (Å²) in [6.45, 7) is 10.6. The van der Waals surface area contributed by atoms with Gasteiger partial charge in [0.15, 0.2) is 0 Å². The first-order chi connectivity index (χ1) is 11.7. The van der Waals surface area contributed by atoms with Crippen molar-refractivity contribution in [1.29, 1.82) is 0 Å². The number of carbonyl (C=O) groups is 1. The lowest BCUT2D eigenvalue weighted by Crippen LogP contribution is -2.14.